The number of hydrogen-bond donors (Lipinski definition) is 1. The van der Waals surface area contributed by atoms with Crippen LogP contribution in [0.15, 0.2) is 53.0 Å². The molecular weight excluding hydrogens is 468 g/mol. The van der Waals surface area contributed by atoms with Crippen LogP contribution < -0.4 is 5.32 Å². The van der Waals surface area contributed by atoms with E-state index in [1.54, 1.807) is 7.11 Å². The molecule has 2 aromatic heterocycles. The van der Waals surface area contributed by atoms with Gasteiger partial charge in [-0.1, -0.05) is 55.5 Å². The van der Waals surface area contributed by atoms with Crippen molar-refractivity contribution >= 4 is 38.6 Å². The van der Waals surface area contributed by atoms with E-state index in [-0.39, 0.29) is 6.04 Å². The summed E-state index contributed by atoms with van der Waals surface area (Å²) in [5, 5.41) is 12.3. The molecule has 0 spiro atoms. The van der Waals surface area contributed by atoms with Crippen molar-refractivity contribution in [3.63, 3.8) is 0 Å². The van der Waals surface area contributed by atoms with Crippen molar-refractivity contribution in [1.29, 1.82) is 0 Å². The van der Waals surface area contributed by atoms with E-state index in [1.165, 1.54) is 11.1 Å². The van der Waals surface area contributed by atoms with Crippen LogP contribution in [0.5, 0.6) is 0 Å². The topological polar surface area (TPSA) is 77.8 Å². The molecule has 0 aliphatic heterocycles. The first kappa shape index (κ1) is 22.4. The number of halogens is 1. The number of aromatic nitrogens is 5. The Morgan fingerprint density at radius 1 is 1.09 bits per heavy atom. The second-order valence-electron chi connectivity index (χ2n) is 8.14. The van der Waals surface area contributed by atoms with Gasteiger partial charge >= 0.3 is 0 Å². The Balaban J connectivity index is 1.70. The third-order valence-corrected chi connectivity index (χ3v) is 6.02. The van der Waals surface area contributed by atoms with Crippen LogP contribution in [-0.4, -0.2) is 38.7 Å². The Kier molecular flexibility index (Phi) is 6.81. The summed E-state index contributed by atoms with van der Waals surface area (Å²) >= 11 is 3.68. The average Bonchev–Trinajstić information content (AvgIpc) is 3.19. The highest BCUT2D eigenvalue weighted by atomic mass is 79.9. The predicted octanol–water partition coefficient (Wildman–Crippen LogP) is 5.59. The number of methoxy groups -OCH3 is 1. The first-order valence-electron chi connectivity index (χ1n) is 10.6. The van der Waals surface area contributed by atoms with Crippen LogP contribution in [0.1, 0.15) is 42.8 Å². The Morgan fingerprint density at radius 2 is 1.88 bits per heavy atom. The lowest BCUT2D eigenvalue weighted by Gasteiger charge is -2.17. The number of fused-ring (bicyclic) bond motifs is 1. The number of nitrogens with zero attached hydrogens (tertiary/aromatic N) is 5. The lowest BCUT2D eigenvalue weighted by Crippen LogP contribution is -2.19. The van der Waals surface area contributed by atoms with E-state index in [1.807, 2.05) is 29.8 Å². The second-order valence-corrected chi connectivity index (χ2v) is 9.00. The first-order valence-corrected chi connectivity index (χ1v) is 11.4. The fourth-order valence-electron chi connectivity index (χ4n) is 3.69. The van der Waals surface area contributed by atoms with Gasteiger partial charge in [-0.3, -0.25) is 0 Å². The molecule has 8 heteroatoms. The van der Waals surface area contributed by atoms with Gasteiger partial charge in [-0.25, -0.2) is 14.6 Å². The molecule has 2 heterocycles. The molecule has 0 saturated heterocycles. The normalized spacial score (nSPS) is 12.4. The first-order chi connectivity index (χ1) is 15.5. The van der Waals surface area contributed by atoms with E-state index >= 15 is 0 Å². The maximum absolute atomic E-state index is 5.50. The maximum Gasteiger partial charge on any atom is 0.184 e. The molecule has 0 saturated carbocycles. The summed E-state index contributed by atoms with van der Waals surface area (Å²) in [4.78, 5) is 9.27. The summed E-state index contributed by atoms with van der Waals surface area (Å²) < 4.78 is 8.32. The Morgan fingerprint density at radius 3 is 2.56 bits per heavy atom. The third-order valence-electron chi connectivity index (χ3n) is 5.37. The van der Waals surface area contributed by atoms with Crippen LogP contribution in [0.3, 0.4) is 0 Å². The fraction of sp³-hybridized carbons (Fsp3) is 0.333. The van der Waals surface area contributed by atoms with Gasteiger partial charge in [0.25, 0.3) is 0 Å². The minimum Gasteiger partial charge on any atom is -0.382 e. The number of ether oxygens (including phenoxy) is 1. The molecule has 0 fully saturated rings. The average molecular weight is 495 g/mol. The fourth-order valence-corrected chi connectivity index (χ4v) is 4.18. The number of aryl methyl sites for hydroxylation is 1. The predicted molar refractivity (Wildman–Crippen MR) is 130 cm³/mol. The van der Waals surface area contributed by atoms with E-state index in [0.717, 1.165) is 16.6 Å². The molecule has 166 valence electrons. The van der Waals surface area contributed by atoms with E-state index in [0.29, 0.717) is 35.3 Å². The second kappa shape index (κ2) is 9.75. The summed E-state index contributed by atoms with van der Waals surface area (Å²) in [6.45, 7) is 6.73. The van der Waals surface area contributed by atoms with E-state index in [2.05, 4.69) is 85.7 Å². The lowest BCUT2D eigenvalue weighted by atomic mass is 10.0. The van der Waals surface area contributed by atoms with Gasteiger partial charge in [-0.05, 0) is 58.5 Å². The van der Waals surface area contributed by atoms with Crippen LogP contribution in [0.2, 0.25) is 0 Å². The third kappa shape index (κ3) is 4.81. The van der Waals surface area contributed by atoms with Gasteiger partial charge in [0, 0.05) is 11.6 Å². The number of rotatable bonds is 8. The molecule has 0 aliphatic rings. The zero-order valence-electron chi connectivity index (χ0n) is 18.7. The van der Waals surface area contributed by atoms with Crippen LogP contribution in [0.25, 0.3) is 11.2 Å². The number of anilines is 2. The molecule has 0 unspecified atom stereocenters. The molecule has 1 atom stereocenters. The van der Waals surface area contributed by atoms with Crippen molar-refractivity contribution in [2.75, 3.05) is 19.0 Å². The monoisotopic (exact) mass is 494 g/mol. The molecule has 0 aliphatic carbocycles. The van der Waals surface area contributed by atoms with Crippen LogP contribution in [0, 0.1) is 6.92 Å². The Hall–Kier alpha value is -2.84. The van der Waals surface area contributed by atoms with Gasteiger partial charge in [-0.15, -0.1) is 5.10 Å². The molecule has 0 amide bonds. The SMILES string of the molecule is COC[C@H](Cc1ccccc1)n1nnc2c(Nc3ccc(C(C)C)cc3Br)nc(C)nc21. The van der Waals surface area contributed by atoms with Crippen molar-refractivity contribution in [2.24, 2.45) is 0 Å². The van der Waals surface area contributed by atoms with Crippen molar-refractivity contribution in [3.8, 4) is 0 Å². The largest absolute Gasteiger partial charge is 0.382 e. The zero-order valence-corrected chi connectivity index (χ0v) is 20.3. The molecule has 0 bridgehead atoms. The minimum absolute atomic E-state index is 0.0355. The summed E-state index contributed by atoms with van der Waals surface area (Å²) in [7, 11) is 1.70. The van der Waals surface area contributed by atoms with Crippen molar-refractivity contribution in [2.45, 2.75) is 39.2 Å². The van der Waals surface area contributed by atoms with E-state index < -0.39 is 0 Å². The smallest absolute Gasteiger partial charge is 0.184 e. The maximum atomic E-state index is 5.50. The Labute approximate surface area is 196 Å². The highest BCUT2D eigenvalue weighted by Gasteiger charge is 2.21. The molecule has 32 heavy (non-hydrogen) atoms. The zero-order chi connectivity index (χ0) is 22.7. The number of hydrogen-bond acceptors (Lipinski definition) is 6. The van der Waals surface area contributed by atoms with Gasteiger partial charge in [-0.2, -0.15) is 0 Å². The molecule has 4 rings (SSSR count). The van der Waals surface area contributed by atoms with Gasteiger partial charge in [0.2, 0.25) is 0 Å². The quantitative estimate of drug-likeness (QED) is 0.344. The summed E-state index contributed by atoms with van der Waals surface area (Å²) in [5.74, 6) is 1.73. The van der Waals surface area contributed by atoms with Gasteiger partial charge in [0.15, 0.2) is 17.0 Å². The summed E-state index contributed by atoms with van der Waals surface area (Å²) in [6, 6.07) is 16.6. The van der Waals surface area contributed by atoms with Gasteiger partial charge in [0.1, 0.15) is 5.82 Å². The van der Waals surface area contributed by atoms with Crippen molar-refractivity contribution < 1.29 is 4.74 Å². The molecule has 4 aromatic rings. The molecular formula is C24H27BrN6O. The van der Waals surface area contributed by atoms with Gasteiger partial charge < -0.3 is 10.1 Å². The molecule has 1 N–H and O–H groups in total. The standard InChI is InChI=1S/C24H27BrN6O/c1-15(2)18-10-11-21(20(25)13-18)28-23-22-24(27-16(3)26-23)31(30-29-22)19(14-32-4)12-17-8-6-5-7-9-17/h5-11,13,15,19H,12,14H2,1-4H3,(H,26,27,28)/t19-/m0/s1. The summed E-state index contributed by atoms with van der Waals surface area (Å²) in [6.07, 6.45) is 0.765. The molecule has 7 nitrogen and oxygen atoms in total. The van der Waals surface area contributed by atoms with Gasteiger partial charge in [0.05, 0.1) is 18.3 Å². The molecule has 2 aromatic carbocycles. The number of nitrogens with one attached hydrogen (secondary N) is 1. The van der Waals surface area contributed by atoms with Crippen LogP contribution in [0.4, 0.5) is 11.5 Å². The van der Waals surface area contributed by atoms with Crippen molar-refractivity contribution in [1.82, 2.24) is 25.0 Å². The summed E-state index contributed by atoms with van der Waals surface area (Å²) in [5.41, 5.74) is 4.70. The highest BCUT2D eigenvalue weighted by Crippen LogP contribution is 2.31. The highest BCUT2D eigenvalue weighted by molar-refractivity contribution is 9.10. The Bertz CT molecular complexity index is 1210. The van der Waals surface area contributed by atoms with Crippen molar-refractivity contribution in [3.05, 3.63) is 70.0 Å². The van der Waals surface area contributed by atoms with E-state index in [9.17, 15) is 0 Å². The van der Waals surface area contributed by atoms with Crippen LogP contribution >= 0.6 is 15.9 Å². The van der Waals surface area contributed by atoms with Crippen LogP contribution in [-0.2, 0) is 11.2 Å². The molecule has 0 radical (unpaired) electrons. The van der Waals surface area contributed by atoms with E-state index in [4.69, 9.17) is 4.74 Å². The lowest BCUT2D eigenvalue weighted by molar-refractivity contribution is 0.150. The minimum atomic E-state index is -0.0355. The number of benzene rings is 2.